The van der Waals surface area contributed by atoms with Crippen molar-refractivity contribution in [1.82, 2.24) is 0 Å². The molecule has 23 heavy (non-hydrogen) atoms. The number of rotatable bonds is 7. The number of alkyl halides is 2. The molecule has 0 spiro atoms. The number of amides is 1. The molecule has 0 aromatic heterocycles. The number of halogens is 2. The van der Waals surface area contributed by atoms with Gasteiger partial charge in [-0.25, -0.2) is 0 Å². The van der Waals surface area contributed by atoms with E-state index >= 15 is 0 Å². The summed E-state index contributed by atoms with van der Waals surface area (Å²) in [5.74, 6) is -3.64. The molecule has 4 nitrogen and oxygen atoms in total. The zero-order chi connectivity index (χ0) is 16.9. The highest BCUT2D eigenvalue weighted by Crippen LogP contribution is 2.29. The average molecular weight is 320 g/mol. The minimum atomic E-state index is -3.23. The van der Waals surface area contributed by atoms with Crippen molar-refractivity contribution in [2.75, 3.05) is 13.2 Å². The van der Waals surface area contributed by atoms with E-state index in [1.54, 1.807) is 24.3 Å². The lowest BCUT2D eigenvalue weighted by Crippen LogP contribution is -2.24. The van der Waals surface area contributed by atoms with Crippen LogP contribution in [0.3, 0.4) is 0 Å². The summed E-state index contributed by atoms with van der Waals surface area (Å²) >= 11 is 0. The Balaban J connectivity index is 2.06. The van der Waals surface area contributed by atoms with Crippen molar-refractivity contribution >= 4 is 5.91 Å². The summed E-state index contributed by atoms with van der Waals surface area (Å²) in [6, 6.07) is 11.9. The van der Waals surface area contributed by atoms with E-state index < -0.39 is 18.4 Å². The van der Waals surface area contributed by atoms with Crippen LogP contribution in [-0.4, -0.2) is 19.1 Å². The Labute approximate surface area is 133 Å². The van der Waals surface area contributed by atoms with Crippen molar-refractivity contribution in [2.24, 2.45) is 11.5 Å². The second-order valence-electron chi connectivity index (χ2n) is 5.12. The molecule has 0 bridgehead atoms. The predicted molar refractivity (Wildman–Crippen MR) is 83.5 cm³/mol. The van der Waals surface area contributed by atoms with Crippen LogP contribution < -0.4 is 16.2 Å². The quantitative estimate of drug-likeness (QED) is 0.822. The first-order valence-corrected chi connectivity index (χ1v) is 7.12. The van der Waals surface area contributed by atoms with Crippen LogP contribution in [-0.2, 0) is 12.3 Å². The summed E-state index contributed by atoms with van der Waals surface area (Å²) in [5.41, 5.74) is 11.3. The van der Waals surface area contributed by atoms with Gasteiger partial charge in [0.05, 0.1) is 0 Å². The summed E-state index contributed by atoms with van der Waals surface area (Å²) in [5, 5.41) is 0. The molecular weight excluding hydrogens is 302 g/mol. The van der Waals surface area contributed by atoms with Crippen molar-refractivity contribution in [2.45, 2.75) is 12.3 Å². The van der Waals surface area contributed by atoms with Gasteiger partial charge in [0.1, 0.15) is 5.75 Å². The van der Waals surface area contributed by atoms with Crippen LogP contribution in [0.5, 0.6) is 5.75 Å². The van der Waals surface area contributed by atoms with Gasteiger partial charge in [-0.2, -0.15) is 8.78 Å². The van der Waals surface area contributed by atoms with Gasteiger partial charge >= 0.3 is 5.92 Å². The highest BCUT2D eigenvalue weighted by molar-refractivity contribution is 5.92. The molecule has 0 heterocycles. The van der Waals surface area contributed by atoms with Gasteiger partial charge in [0, 0.05) is 11.1 Å². The summed E-state index contributed by atoms with van der Waals surface area (Å²) in [4.78, 5) is 11.1. The van der Waals surface area contributed by atoms with Crippen LogP contribution in [0.25, 0.3) is 0 Å². The van der Waals surface area contributed by atoms with E-state index in [4.69, 9.17) is 16.2 Å². The first-order chi connectivity index (χ1) is 10.9. The molecule has 122 valence electrons. The van der Waals surface area contributed by atoms with Gasteiger partial charge in [-0.1, -0.05) is 24.3 Å². The molecule has 2 aromatic rings. The molecule has 0 saturated carbocycles. The standard InChI is InChI=1S/C17H18F2N2O2/c18-17(19,14-3-1-2-13(10-14)16(21)22)11-23-15-6-4-12(5-7-15)8-9-20/h1-7,10H,8-9,11,20H2,(H2,21,22). The van der Waals surface area contributed by atoms with Crippen LogP contribution in [0.15, 0.2) is 48.5 Å². The fourth-order valence-electron chi connectivity index (χ4n) is 2.08. The van der Waals surface area contributed by atoms with E-state index in [-0.39, 0.29) is 11.1 Å². The molecule has 0 atom stereocenters. The Bertz CT molecular complexity index is 673. The molecule has 0 saturated heterocycles. The number of primary amides is 1. The molecule has 6 heteroatoms. The molecule has 0 fully saturated rings. The van der Waals surface area contributed by atoms with Crippen LogP contribution in [0.1, 0.15) is 21.5 Å². The summed E-state index contributed by atoms with van der Waals surface area (Å²) in [6.07, 6.45) is 0.719. The third-order valence-electron chi connectivity index (χ3n) is 3.35. The van der Waals surface area contributed by atoms with Gasteiger partial charge in [-0.05, 0) is 42.8 Å². The Hall–Kier alpha value is -2.47. The molecule has 4 N–H and O–H groups in total. The van der Waals surface area contributed by atoms with Crippen molar-refractivity contribution in [3.63, 3.8) is 0 Å². The van der Waals surface area contributed by atoms with E-state index in [0.29, 0.717) is 12.3 Å². The molecular formula is C17H18F2N2O2. The van der Waals surface area contributed by atoms with Crippen LogP contribution >= 0.6 is 0 Å². The highest BCUT2D eigenvalue weighted by atomic mass is 19.3. The second kappa shape index (κ2) is 7.19. The van der Waals surface area contributed by atoms with E-state index in [0.717, 1.165) is 18.1 Å². The van der Waals surface area contributed by atoms with Crippen molar-refractivity contribution in [3.05, 3.63) is 65.2 Å². The number of hydrogen-bond acceptors (Lipinski definition) is 3. The highest BCUT2D eigenvalue weighted by Gasteiger charge is 2.33. The smallest absolute Gasteiger partial charge is 0.306 e. The molecule has 1 amide bonds. The van der Waals surface area contributed by atoms with Gasteiger partial charge in [0.25, 0.3) is 0 Å². The number of carbonyl (C=O) groups excluding carboxylic acids is 1. The lowest BCUT2D eigenvalue weighted by atomic mass is 10.1. The van der Waals surface area contributed by atoms with Gasteiger partial charge in [-0.15, -0.1) is 0 Å². The summed E-state index contributed by atoms with van der Waals surface area (Å²) in [7, 11) is 0. The van der Waals surface area contributed by atoms with Gasteiger partial charge in [0.15, 0.2) is 6.61 Å². The molecule has 0 unspecified atom stereocenters. The third-order valence-corrected chi connectivity index (χ3v) is 3.35. The number of ether oxygens (including phenoxy) is 1. The lowest BCUT2D eigenvalue weighted by molar-refractivity contribution is -0.0467. The molecule has 2 rings (SSSR count). The Kier molecular flexibility index (Phi) is 5.28. The van der Waals surface area contributed by atoms with E-state index in [1.165, 1.54) is 18.2 Å². The largest absolute Gasteiger partial charge is 0.487 e. The lowest BCUT2D eigenvalue weighted by Gasteiger charge is -2.18. The minimum Gasteiger partial charge on any atom is -0.487 e. The van der Waals surface area contributed by atoms with Crippen molar-refractivity contribution < 1.29 is 18.3 Å². The number of carbonyl (C=O) groups is 1. The third kappa shape index (κ3) is 4.50. The SMILES string of the molecule is NCCc1ccc(OCC(F)(F)c2cccc(C(N)=O)c2)cc1. The number of benzene rings is 2. The van der Waals surface area contributed by atoms with Gasteiger partial charge in [-0.3, -0.25) is 4.79 Å². The Morgan fingerprint density at radius 2 is 1.83 bits per heavy atom. The maximum atomic E-state index is 14.2. The fraction of sp³-hybridized carbons (Fsp3) is 0.235. The summed E-state index contributed by atoms with van der Waals surface area (Å²) < 4.78 is 33.5. The summed E-state index contributed by atoms with van der Waals surface area (Å²) in [6.45, 7) is -0.306. The zero-order valence-corrected chi connectivity index (χ0v) is 12.5. The van der Waals surface area contributed by atoms with Gasteiger partial charge < -0.3 is 16.2 Å². The number of hydrogen-bond donors (Lipinski definition) is 2. The normalized spacial score (nSPS) is 11.3. The van der Waals surface area contributed by atoms with Crippen molar-refractivity contribution in [3.8, 4) is 5.75 Å². The van der Waals surface area contributed by atoms with Crippen molar-refractivity contribution in [1.29, 1.82) is 0 Å². The first-order valence-electron chi connectivity index (χ1n) is 7.12. The predicted octanol–water partition coefficient (Wildman–Crippen LogP) is 2.46. The fourth-order valence-corrected chi connectivity index (χ4v) is 2.08. The van der Waals surface area contributed by atoms with Crippen LogP contribution in [0, 0.1) is 0 Å². The maximum Gasteiger partial charge on any atom is 0.306 e. The second-order valence-corrected chi connectivity index (χ2v) is 5.12. The average Bonchev–Trinajstić information content (AvgIpc) is 2.55. The molecule has 0 aliphatic rings. The van der Waals surface area contributed by atoms with Gasteiger partial charge in [0.2, 0.25) is 5.91 Å². The molecule has 2 aromatic carbocycles. The van der Waals surface area contributed by atoms with E-state index in [2.05, 4.69) is 0 Å². The zero-order valence-electron chi connectivity index (χ0n) is 12.5. The topological polar surface area (TPSA) is 78.3 Å². The van der Waals surface area contributed by atoms with Crippen LogP contribution in [0.2, 0.25) is 0 Å². The number of nitrogens with two attached hydrogens (primary N) is 2. The Morgan fingerprint density at radius 1 is 1.13 bits per heavy atom. The molecule has 0 aliphatic carbocycles. The van der Waals surface area contributed by atoms with E-state index in [9.17, 15) is 13.6 Å². The monoisotopic (exact) mass is 320 g/mol. The van der Waals surface area contributed by atoms with E-state index in [1.807, 2.05) is 0 Å². The van der Waals surface area contributed by atoms with Crippen LogP contribution in [0.4, 0.5) is 8.78 Å². The molecule has 0 radical (unpaired) electrons. The first kappa shape index (κ1) is 16.9. The molecule has 0 aliphatic heterocycles. The minimum absolute atomic E-state index is 0.0355. The Morgan fingerprint density at radius 3 is 2.43 bits per heavy atom. The maximum absolute atomic E-state index is 14.2.